The summed E-state index contributed by atoms with van der Waals surface area (Å²) in [4.78, 5) is 7.85. The fraction of sp³-hybridized carbons (Fsp3) is 0.0909. The first-order chi connectivity index (χ1) is 7.75. The Labute approximate surface area is 98.0 Å². The molecule has 1 heterocycles. The minimum absolute atomic E-state index is 0.282. The molecule has 0 radical (unpaired) electrons. The monoisotopic (exact) mass is 235 g/mol. The Morgan fingerprint density at radius 3 is 2.81 bits per heavy atom. The van der Waals surface area contributed by atoms with Gasteiger partial charge < -0.3 is 10.5 Å². The molecule has 0 spiro atoms. The van der Waals surface area contributed by atoms with E-state index in [0.717, 1.165) is 5.56 Å². The first-order valence-electron chi connectivity index (χ1n) is 4.69. The second kappa shape index (κ2) is 4.81. The Morgan fingerprint density at radius 2 is 2.06 bits per heavy atom. The van der Waals surface area contributed by atoms with E-state index in [1.807, 2.05) is 24.3 Å². The van der Waals surface area contributed by atoms with Crippen molar-refractivity contribution in [3.8, 4) is 5.88 Å². The molecule has 0 saturated heterocycles. The van der Waals surface area contributed by atoms with Gasteiger partial charge in [0, 0.05) is 17.4 Å². The third-order valence-corrected chi connectivity index (χ3v) is 2.19. The van der Waals surface area contributed by atoms with Crippen LogP contribution in [0, 0.1) is 0 Å². The lowest BCUT2D eigenvalue weighted by Crippen LogP contribution is -2.01. The number of rotatable bonds is 3. The number of hydrogen-bond donors (Lipinski definition) is 1. The number of nitrogens with zero attached hydrogens (tertiary/aromatic N) is 2. The summed E-state index contributed by atoms with van der Waals surface area (Å²) in [5, 5.41) is 0.674. The van der Waals surface area contributed by atoms with Crippen LogP contribution >= 0.6 is 11.6 Å². The van der Waals surface area contributed by atoms with Crippen LogP contribution in [0.4, 0.5) is 5.82 Å². The first kappa shape index (κ1) is 10.7. The quantitative estimate of drug-likeness (QED) is 0.887. The lowest BCUT2D eigenvalue weighted by molar-refractivity contribution is 0.294. The molecule has 0 aliphatic heterocycles. The van der Waals surface area contributed by atoms with Crippen LogP contribution in [0.15, 0.2) is 36.7 Å². The zero-order valence-electron chi connectivity index (χ0n) is 8.43. The zero-order chi connectivity index (χ0) is 11.4. The van der Waals surface area contributed by atoms with Crippen LogP contribution in [0.3, 0.4) is 0 Å². The van der Waals surface area contributed by atoms with Crippen LogP contribution in [-0.2, 0) is 6.61 Å². The molecular weight excluding hydrogens is 226 g/mol. The molecule has 16 heavy (non-hydrogen) atoms. The van der Waals surface area contributed by atoms with E-state index < -0.39 is 0 Å². The first-order valence-corrected chi connectivity index (χ1v) is 5.07. The van der Waals surface area contributed by atoms with Crippen molar-refractivity contribution in [1.29, 1.82) is 0 Å². The largest absolute Gasteiger partial charge is 0.470 e. The molecule has 0 bridgehead atoms. The molecule has 0 fully saturated rings. The second-order valence-electron chi connectivity index (χ2n) is 3.17. The number of nitrogens with two attached hydrogens (primary N) is 1. The molecule has 0 aliphatic rings. The summed E-state index contributed by atoms with van der Waals surface area (Å²) in [6.07, 6.45) is 3.05. The summed E-state index contributed by atoms with van der Waals surface area (Å²) < 4.78 is 5.42. The summed E-state index contributed by atoms with van der Waals surface area (Å²) in [5.41, 5.74) is 6.55. The number of halogens is 1. The lowest BCUT2D eigenvalue weighted by Gasteiger charge is -2.06. The number of hydrogen-bond acceptors (Lipinski definition) is 4. The van der Waals surface area contributed by atoms with Crippen molar-refractivity contribution in [3.05, 3.63) is 47.2 Å². The molecule has 2 aromatic rings. The Morgan fingerprint density at radius 1 is 1.25 bits per heavy atom. The van der Waals surface area contributed by atoms with Gasteiger partial charge in [-0.15, -0.1) is 0 Å². The Kier molecular flexibility index (Phi) is 3.22. The normalized spacial score (nSPS) is 10.1. The van der Waals surface area contributed by atoms with E-state index in [1.54, 1.807) is 0 Å². The van der Waals surface area contributed by atoms with Gasteiger partial charge in [-0.05, 0) is 17.7 Å². The highest BCUT2D eigenvalue weighted by atomic mass is 35.5. The summed E-state index contributed by atoms with van der Waals surface area (Å²) in [6.45, 7) is 0.365. The van der Waals surface area contributed by atoms with Crippen LogP contribution in [0.2, 0.25) is 5.02 Å². The maximum atomic E-state index is 5.85. The van der Waals surface area contributed by atoms with Gasteiger partial charge in [-0.1, -0.05) is 23.7 Å². The van der Waals surface area contributed by atoms with Crippen molar-refractivity contribution in [3.63, 3.8) is 0 Å². The average molecular weight is 236 g/mol. The van der Waals surface area contributed by atoms with E-state index >= 15 is 0 Å². The van der Waals surface area contributed by atoms with Crippen LogP contribution in [0.1, 0.15) is 5.56 Å². The summed E-state index contributed by atoms with van der Waals surface area (Å²) >= 11 is 5.85. The number of benzene rings is 1. The van der Waals surface area contributed by atoms with Crippen molar-refractivity contribution in [1.82, 2.24) is 9.97 Å². The summed E-state index contributed by atoms with van der Waals surface area (Å²) in [5.74, 6) is 0.618. The molecule has 2 rings (SSSR count). The van der Waals surface area contributed by atoms with Gasteiger partial charge in [0.2, 0.25) is 0 Å². The minimum Gasteiger partial charge on any atom is -0.470 e. The van der Waals surface area contributed by atoms with Gasteiger partial charge in [-0.2, -0.15) is 0 Å². The molecule has 0 saturated carbocycles. The topological polar surface area (TPSA) is 61.0 Å². The fourth-order valence-corrected chi connectivity index (χ4v) is 1.44. The Balaban J connectivity index is 2.05. The number of nitrogen functional groups attached to an aromatic ring is 1. The van der Waals surface area contributed by atoms with Gasteiger partial charge in [0.25, 0.3) is 5.88 Å². The minimum atomic E-state index is 0.282. The van der Waals surface area contributed by atoms with Crippen LogP contribution < -0.4 is 10.5 Å². The molecular formula is C11H10ClN3O. The van der Waals surface area contributed by atoms with Gasteiger partial charge >= 0.3 is 0 Å². The van der Waals surface area contributed by atoms with Gasteiger partial charge in [0.15, 0.2) is 5.82 Å². The predicted octanol–water partition coefficient (Wildman–Crippen LogP) is 2.29. The standard InChI is InChI=1S/C11H10ClN3O/c12-9-3-1-2-8(6-9)7-16-11-10(13)14-4-5-15-11/h1-6H,7H2,(H2,13,14). The molecule has 5 heteroatoms. The molecule has 4 nitrogen and oxygen atoms in total. The van der Waals surface area contributed by atoms with Crippen molar-refractivity contribution in [2.24, 2.45) is 0 Å². The fourth-order valence-electron chi connectivity index (χ4n) is 1.23. The van der Waals surface area contributed by atoms with E-state index in [9.17, 15) is 0 Å². The summed E-state index contributed by atoms with van der Waals surface area (Å²) in [6, 6.07) is 7.41. The third-order valence-electron chi connectivity index (χ3n) is 1.96. The van der Waals surface area contributed by atoms with Gasteiger partial charge in [-0.3, -0.25) is 0 Å². The predicted molar refractivity (Wildman–Crippen MR) is 62.2 cm³/mol. The third kappa shape index (κ3) is 2.61. The van der Waals surface area contributed by atoms with Gasteiger partial charge in [0.05, 0.1) is 0 Å². The molecule has 82 valence electrons. The number of aromatic nitrogens is 2. The molecule has 1 aromatic carbocycles. The lowest BCUT2D eigenvalue weighted by atomic mass is 10.2. The molecule has 0 unspecified atom stereocenters. The van der Waals surface area contributed by atoms with Crippen molar-refractivity contribution >= 4 is 17.4 Å². The summed E-state index contributed by atoms with van der Waals surface area (Å²) in [7, 11) is 0. The highest BCUT2D eigenvalue weighted by molar-refractivity contribution is 6.30. The van der Waals surface area contributed by atoms with Crippen LogP contribution in [-0.4, -0.2) is 9.97 Å². The van der Waals surface area contributed by atoms with E-state index in [1.165, 1.54) is 12.4 Å². The Hall–Kier alpha value is -1.81. The number of ether oxygens (including phenoxy) is 1. The van der Waals surface area contributed by atoms with Gasteiger partial charge in [-0.25, -0.2) is 9.97 Å². The molecule has 1 aromatic heterocycles. The van der Waals surface area contributed by atoms with E-state index in [2.05, 4.69) is 9.97 Å². The zero-order valence-corrected chi connectivity index (χ0v) is 9.19. The van der Waals surface area contributed by atoms with Crippen LogP contribution in [0.5, 0.6) is 5.88 Å². The van der Waals surface area contributed by atoms with Gasteiger partial charge in [0.1, 0.15) is 6.61 Å². The molecule has 0 atom stereocenters. The highest BCUT2D eigenvalue weighted by Crippen LogP contribution is 2.16. The average Bonchev–Trinajstić information content (AvgIpc) is 2.28. The van der Waals surface area contributed by atoms with E-state index in [0.29, 0.717) is 17.5 Å². The van der Waals surface area contributed by atoms with E-state index in [-0.39, 0.29) is 5.82 Å². The second-order valence-corrected chi connectivity index (χ2v) is 3.60. The maximum Gasteiger partial charge on any atom is 0.257 e. The SMILES string of the molecule is Nc1nccnc1OCc1cccc(Cl)c1. The maximum absolute atomic E-state index is 5.85. The molecule has 0 amide bonds. The van der Waals surface area contributed by atoms with Crippen molar-refractivity contribution in [2.75, 3.05) is 5.73 Å². The Bertz CT molecular complexity index is 490. The van der Waals surface area contributed by atoms with Crippen LogP contribution in [0.25, 0.3) is 0 Å². The highest BCUT2D eigenvalue weighted by Gasteiger charge is 2.02. The smallest absolute Gasteiger partial charge is 0.257 e. The van der Waals surface area contributed by atoms with E-state index in [4.69, 9.17) is 22.1 Å². The van der Waals surface area contributed by atoms with Crippen molar-refractivity contribution < 1.29 is 4.74 Å². The molecule has 0 aliphatic carbocycles. The molecule has 2 N–H and O–H groups in total. The van der Waals surface area contributed by atoms with Crippen molar-refractivity contribution in [2.45, 2.75) is 6.61 Å². The number of anilines is 1.